The van der Waals surface area contributed by atoms with Crippen LogP contribution in [0.3, 0.4) is 0 Å². The van der Waals surface area contributed by atoms with E-state index in [9.17, 15) is 0 Å². The molecule has 3 heteroatoms. The molecule has 0 bridgehead atoms. The molecule has 0 fully saturated rings. The molecule has 0 amide bonds. The highest BCUT2D eigenvalue weighted by molar-refractivity contribution is 6.15. The highest BCUT2D eigenvalue weighted by Gasteiger charge is 2.53. The molecule has 294 valence electrons. The number of hydrogen-bond acceptors (Lipinski definition) is 2. The first-order valence-corrected chi connectivity index (χ1v) is 21.7. The van der Waals surface area contributed by atoms with Crippen molar-refractivity contribution in [3.8, 4) is 50.2 Å². The largest absolute Gasteiger partial charge is 0.310 e. The fraction of sp³-hybridized carbons (Fsp3) is 0.0167. The van der Waals surface area contributed by atoms with Gasteiger partial charge in [-0.2, -0.15) is 0 Å². The van der Waals surface area contributed by atoms with Gasteiger partial charge in [-0.3, -0.25) is 4.98 Å². The molecule has 63 heavy (non-hydrogen) atoms. The van der Waals surface area contributed by atoms with Crippen LogP contribution in [0.5, 0.6) is 0 Å². The summed E-state index contributed by atoms with van der Waals surface area (Å²) in [6.07, 6.45) is 3.90. The lowest BCUT2D eigenvalue weighted by Crippen LogP contribution is -2.28. The van der Waals surface area contributed by atoms with E-state index in [1.54, 1.807) is 0 Å². The Kier molecular flexibility index (Phi) is 7.82. The third-order valence-corrected chi connectivity index (χ3v) is 13.5. The van der Waals surface area contributed by atoms with Crippen LogP contribution < -0.4 is 4.90 Å². The second kappa shape index (κ2) is 13.9. The van der Waals surface area contributed by atoms with Gasteiger partial charge >= 0.3 is 0 Å². The topological polar surface area (TPSA) is 21.1 Å². The SMILES string of the molecule is c1ccc(-c2ccc(N(c3ccc(-c4cccc5c4c4cnccc4n5-c4ccccc4)cc3)c3cccc4c3C3(c5ccccc5-c5ccccc53)c3ccccc3-4)cc2)cc1. The van der Waals surface area contributed by atoms with Crippen LogP contribution in [-0.4, -0.2) is 9.55 Å². The van der Waals surface area contributed by atoms with Gasteiger partial charge in [-0.1, -0.05) is 170 Å². The summed E-state index contributed by atoms with van der Waals surface area (Å²) in [5, 5.41) is 2.34. The van der Waals surface area contributed by atoms with Gasteiger partial charge in [-0.25, -0.2) is 0 Å². The Morgan fingerprint density at radius 1 is 0.381 bits per heavy atom. The number of pyridine rings is 1. The maximum Gasteiger partial charge on any atom is 0.0746 e. The Labute approximate surface area is 366 Å². The van der Waals surface area contributed by atoms with Gasteiger partial charge in [0.2, 0.25) is 0 Å². The maximum absolute atomic E-state index is 4.62. The average Bonchev–Trinajstić information content (AvgIpc) is 3.97. The van der Waals surface area contributed by atoms with Crippen molar-refractivity contribution in [2.45, 2.75) is 5.41 Å². The Hall–Kier alpha value is -8.27. The van der Waals surface area contributed by atoms with Crippen LogP contribution in [-0.2, 0) is 5.41 Å². The normalized spacial score (nSPS) is 12.9. The zero-order valence-electron chi connectivity index (χ0n) is 34.4. The molecular weight excluding hydrogens is 763 g/mol. The molecule has 2 aliphatic carbocycles. The van der Waals surface area contributed by atoms with Crippen molar-refractivity contribution in [2.24, 2.45) is 0 Å². The Morgan fingerprint density at radius 3 is 1.54 bits per heavy atom. The lowest BCUT2D eigenvalue weighted by Gasteiger charge is -2.36. The van der Waals surface area contributed by atoms with Crippen LogP contribution >= 0.6 is 0 Å². The van der Waals surface area contributed by atoms with Gasteiger partial charge in [-0.05, 0) is 116 Å². The van der Waals surface area contributed by atoms with Crippen molar-refractivity contribution in [3.63, 3.8) is 0 Å². The maximum atomic E-state index is 4.62. The van der Waals surface area contributed by atoms with E-state index in [2.05, 4.69) is 239 Å². The first kappa shape index (κ1) is 35.5. The molecule has 2 heterocycles. The minimum Gasteiger partial charge on any atom is -0.310 e. The summed E-state index contributed by atoms with van der Waals surface area (Å²) in [5.74, 6) is 0. The molecule has 3 nitrogen and oxygen atoms in total. The Bertz CT molecular complexity index is 3490. The molecule has 0 saturated heterocycles. The van der Waals surface area contributed by atoms with E-state index in [1.165, 1.54) is 66.6 Å². The standard InChI is InChI=1S/C60H39N3/c1-3-15-40(16-4-1)41-29-33-44(34-30-41)62(45-35-31-42(32-36-45)46-22-13-27-56-58(46)51-39-61-38-37-55(51)63(56)43-17-5-2-6-18-43)57-28-14-23-50-49-21-9-12-26-54(49)60(59(50)57)52-24-10-7-19-47(52)48-20-8-11-25-53(48)60/h1-39H. The minimum atomic E-state index is -0.505. The van der Waals surface area contributed by atoms with Crippen molar-refractivity contribution in [2.75, 3.05) is 4.90 Å². The van der Waals surface area contributed by atoms with Crippen molar-refractivity contribution in [3.05, 3.63) is 259 Å². The predicted molar refractivity (Wildman–Crippen MR) is 260 cm³/mol. The van der Waals surface area contributed by atoms with Gasteiger partial charge in [0, 0.05) is 45.8 Å². The Morgan fingerprint density at radius 2 is 0.889 bits per heavy atom. The molecular formula is C60H39N3. The molecule has 0 unspecified atom stereocenters. The summed E-state index contributed by atoms with van der Waals surface area (Å²) < 4.78 is 2.36. The Balaban J connectivity index is 1.04. The van der Waals surface area contributed by atoms with Crippen LogP contribution in [0.1, 0.15) is 22.3 Å². The molecule has 2 aliphatic rings. The fourth-order valence-electron chi connectivity index (χ4n) is 11.0. The first-order valence-electron chi connectivity index (χ1n) is 21.7. The number of hydrogen-bond donors (Lipinski definition) is 0. The van der Waals surface area contributed by atoms with E-state index in [-0.39, 0.29) is 0 Å². The van der Waals surface area contributed by atoms with Gasteiger partial charge in [0.15, 0.2) is 0 Å². The molecule has 13 rings (SSSR count). The zero-order valence-corrected chi connectivity index (χ0v) is 34.4. The predicted octanol–water partition coefficient (Wildman–Crippen LogP) is 15.3. The van der Waals surface area contributed by atoms with E-state index in [4.69, 9.17) is 0 Å². The number of fused-ring (bicyclic) bond motifs is 13. The molecule has 0 aliphatic heterocycles. The van der Waals surface area contributed by atoms with Crippen molar-refractivity contribution < 1.29 is 0 Å². The van der Waals surface area contributed by atoms with Gasteiger partial charge < -0.3 is 9.47 Å². The lowest BCUT2D eigenvalue weighted by molar-refractivity contribution is 0.793. The first-order chi connectivity index (χ1) is 31.3. The summed E-state index contributed by atoms with van der Waals surface area (Å²) in [6, 6.07) is 82.4. The number of nitrogens with zero attached hydrogens (tertiary/aromatic N) is 3. The second-order valence-corrected chi connectivity index (χ2v) is 16.6. The van der Waals surface area contributed by atoms with Gasteiger partial charge in [0.1, 0.15) is 0 Å². The summed E-state index contributed by atoms with van der Waals surface area (Å²) in [5.41, 5.74) is 21.5. The number of anilines is 3. The molecule has 9 aromatic carbocycles. The third kappa shape index (κ3) is 5.11. The third-order valence-electron chi connectivity index (χ3n) is 13.5. The minimum absolute atomic E-state index is 0.505. The molecule has 0 N–H and O–H groups in total. The highest BCUT2D eigenvalue weighted by Crippen LogP contribution is 2.65. The molecule has 0 radical (unpaired) electrons. The molecule has 2 aromatic heterocycles. The molecule has 0 saturated carbocycles. The van der Waals surface area contributed by atoms with Crippen molar-refractivity contribution >= 4 is 38.9 Å². The monoisotopic (exact) mass is 801 g/mol. The summed E-state index contributed by atoms with van der Waals surface area (Å²) in [6.45, 7) is 0. The van der Waals surface area contributed by atoms with Crippen LogP contribution in [0.4, 0.5) is 17.1 Å². The quantitative estimate of drug-likeness (QED) is 0.167. The van der Waals surface area contributed by atoms with Crippen molar-refractivity contribution in [1.82, 2.24) is 9.55 Å². The van der Waals surface area contributed by atoms with E-state index in [0.717, 1.165) is 44.7 Å². The van der Waals surface area contributed by atoms with E-state index >= 15 is 0 Å². The smallest absolute Gasteiger partial charge is 0.0746 e. The molecule has 11 aromatic rings. The van der Waals surface area contributed by atoms with E-state index in [0.29, 0.717) is 0 Å². The number of benzene rings is 9. The zero-order chi connectivity index (χ0) is 41.5. The van der Waals surface area contributed by atoms with Gasteiger partial charge in [-0.15, -0.1) is 0 Å². The fourth-order valence-corrected chi connectivity index (χ4v) is 11.0. The van der Waals surface area contributed by atoms with Gasteiger partial charge in [0.05, 0.1) is 22.1 Å². The number of rotatable bonds is 6. The van der Waals surface area contributed by atoms with E-state index in [1.807, 2.05) is 12.4 Å². The van der Waals surface area contributed by atoms with E-state index < -0.39 is 5.41 Å². The lowest BCUT2D eigenvalue weighted by atomic mass is 9.70. The van der Waals surface area contributed by atoms with Gasteiger partial charge in [0.25, 0.3) is 0 Å². The number of para-hydroxylation sites is 1. The number of aromatic nitrogens is 2. The summed E-state index contributed by atoms with van der Waals surface area (Å²) in [4.78, 5) is 7.10. The van der Waals surface area contributed by atoms with Crippen LogP contribution in [0.2, 0.25) is 0 Å². The molecule has 1 spiro atoms. The highest BCUT2D eigenvalue weighted by atomic mass is 15.1. The van der Waals surface area contributed by atoms with Crippen LogP contribution in [0.25, 0.3) is 72.0 Å². The summed E-state index contributed by atoms with van der Waals surface area (Å²) >= 11 is 0. The van der Waals surface area contributed by atoms with Crippen LogP contribution in [0.15, 0.2) is 237 Å². The molecule has 0 atom stereocenters. The summed E-state index contributed by atoms with van der Waals surface area (Å²) in [7, 11) is 0. The van der Waals surface area contributed by atoms with Crippen LogP contribution in [0, 0.1) is 0 Å². The second-order valence-electron chi connectivity index (χ2n) is 16.6. The van der Waals surface area contributed by atoms with Crippen molar-refractivity contribution in [1.29, 1.82) is 0 Å². The average molecular weight is 802 g/mol.